The van der Waals surface area contributed by atoms with Crippen LogP contribution < -0.4 is 58.9 Å². The molecular formula is C58H68N12O13S. The number of fused-ring (bicyclic) bond motifs is 7. The van der Waals surface area contributed by atoms with E-state index in [0.717, 1.165) is 33.6 Å². The molecule has 10 amide bonds. The van der Waals surface area contributed by atoms with Gasteiger partial charge in [0.15, 0.2) is 5.13 Å². The van der Waals surface area contributed by atoms with Crippen molar-refractivity contribution in [1.29, 1.82) is 0 Å². The Morgan fingerprint density at radius 1 is 0.750 bits per heavy atom. The minimum absolute atomic E-state index is 0.0150. The Kier molecular flexibility index (Phi) is 21.0. The fourth-order valence-corrected chi connectivity index (χ4v) is 9.94. The van der Waals surface area contributed by atoms with E-state index >= 15 is 0 Å². The molecule has 4 aromatic carbocycles. The summed E-state index contributed by atoms with van der Waals surface area (Å²) < 4.78 is 11.1. The van der Waals surface area contributed by atoms with Crippen LogP contribution in [0.15, 0.2) is 103 Å². The maximum Gasteiger partial charge on any atom is 0.407 e. The van der Waals surface area contributed by atoms with E-state index in [4.69, 9.17) is 15.2 Å². The molecule has 84 heavy (non-hydrogen) atoms. The summed E-state index contributed by atoms with van der Waals surface area (Å²) in [7, 11) is 0. The number of ether oxygens (including phenoxy) is 2. The van der Waals surface area contributed by atoms with Gasteiger partial charge < -0.3 is 73.5 Å². The molecule has 1 aromatic heterocycles. The number of hydrogen-bond donors (Lipinski definition) is 12. The van der Waals surface area contributed by atoms with Gasteiger partial charge in [-0.15, -0.1) is 11.3 Å². The quantitative estimate of drug-likeness (QED) is 0.0837. The molecule has 5 aromatic rings. The van der Waals surface area contributed by atoms with Crippen molar-refractivity contribution in [2.45, 2.75) is 102 Å². The zero-order valence-electron chi connectivity index (χ0n) is 46.8. The van der Waals surface area contributed by atoms with Gasteiger partial charge in [-0.3, -0.25) is 38.4 Å². The highest BCUT2D eigenvalue weighted by atomic mass is 32.1. The zero-order chi connectivity index (χ0) is 60.7. The second-order valence-electron chi connectivity index (χ2n) is 21.1. The van der Waals surface area contributed by atoms with Crippen LogP contribution >= 0.6 is 11.3 Å². The van der Waals surface area contributed by atoms with Gasteiger partial charge in [0.1, 0.15) is 54.2 Å². The van der Waals surface area contributed by atoms with Gasteiger partial charge in [-0.25, -0.2) is 14.6 Å². The number of nitrogens with zero attached hydrogens (tertiary/aromatic N) is 1. The number of rotatable bonds is 12. The number of carbonyl (C=O) groups is 10. The lowest BCUT2D eigenvalue weighted by Crippen LogP contribution is -2.59. The summed E-state index contributed by atoms with van der Waals surface area (Å²) in [4.78, 5) is 140. The number of carbonyl (C=O) groups excluding carboxylic acids is 10. The number of phenols is 1. The summed E-state index contributed by atoms with van der Waals surface area (Å²) >= 11 is 1.15. The normalized spacial score (nSPS) is 18.8. The van der Waals surface area contributed by atoms with Crippen molar-refractivity contribution < 1.29 is 62.5 Å². The Hall–Kier alpha value is -9.59. The Labute approximate surface area is 487 Å². The Bertz CT molecular complexity index is 3220. The van der Waals surface area contributed by atoms with E-state index in [1.54, 1.807) is 57.2 Å². The van der Waals surface area contributed by atoms with Crippen molar-refractivity contribution in [3.63, 3.8) is 0 Å². The average Bonchev–Trinajstić information content (AvgIpc) is 2.50. The maximum absolute atomic E-state index is 14.5. The third kappa shape index (κ3) is 17.7. The molecule has 7 rings (SSSR count). The molecule has 0 unspecified atom stereocenters. The van der Waals surface area contributed by atoms with Gasteiger partial charge in [0.2, 0.25) is 47.3 Å². The summed E-state index contributed by atoms with van der Waals surface area (Å²) in [5.41, 5.74) is 10.0. The van der Waals surface area contributed by atoms with Crippen LogP contribution in [-0.4, -0.2) is 144 Å². The number of primary amides is 1. The number of alkyl carbamates (subject to hydrolysis) is 2. The van der Waals surface area contributed by atoms with Crippen LogP contribution in [0.5, 0.6) is 5.75 Å². The number of phenolic OH excluding ortho intramolecular Hbond substituents is 1. The first-order valence-corrected chi connectivity index (χ1v) is 27.8. The Morgan fingerprint density at radius 2 is 1.39 bits per heavy atom. The predicted molar refractivity (Wildman–Crippen MR) is 308 cm³/mol. The van der Waals surface area contributed by atoms with Gasteiger partial charge in [-0.05, 0) is 79.6 Å². The van der Waals surface area contributed by atoms with Crippen LogP contribution in [0, 0.1) is 0 Å². The highest BCUT2D eigenvalue weighted by molar-refractivity contribution is 7.15. The van der Waals surface area contributed by atoms with E-state index in [-0.39, 0.29) is 44.1 Å². The lowest BCUT2D eigenvalue weighted by molar-refractivity contribution is -0.134. The molecule has 4 bridgehead atoms. The van der Waals surface area contributed by atoms with Crippen molar-refractivity contribution in [3.8, 4) is 16.9 Å². The van der Waals surface area contributed by atoms with Gasteiger partial charge in [0, 0.05) is 42.8 Å². The lowest BCUT2D eigenvalue weighted by atomic mass is 9.98. The molecule has 2 aliphatic rings. The average molecular weight is 1170 g/mol. The van der Waals surface area contributed by atoms with Crippen LogP contribution in [0.25, 0.3) is 11.1 Å². The molecule has 0 saturated heterocycles. The summed E-state index contributed by atoms with van der Waals surface area (Å²) in [5.74, 6) is -7.33. The monoisotopic (exact) mass is 1170 g/mol. The molecule has 26 heteroatoms. The number of nitrogens with one attached hydrogen (secondary N) is 10. The van der Waals surface area contributed by atoms with Crippen LogP contribution in [0.4, 0.5) is 14.7 Å². The van der Waals surface area contributed by atoms with Gasteiger partial charge in [0.05, 0.1) is 19.6 Å². The van der Waals surface area contributed by atoms with Crippen LogP contribution in [0.2, 0.25) is 0 Å². The smallest absolute Gasteiger partial charge is 0.407 e. The van der Waals surface area contributed by atoms with E-state index < -0.39 is 121 Å². The first-order valence-electron chi connectivity index (χ1n) is 27.0. The number of amides is 10. The van der Waals surface area contributed by atoms with E-state index in [2.05, 4.69) is 58.2 Å². The number of thiazole rings is 1. The Balaban J connectivity index is 1.10. The van der Waals surface area contributed by atoms with Gasteiger partial charge >= 0.3 is 12.2 Å². The SMILES string of the molecule is C[C@@H]1NC(=O)[C@H](C)NC(=O)[C@@H](NC(=O)[C@H](CNC(=O)OC(C)(C)C)NC(=O)OCC2c3ccccc3-c3ccccc32)Cc2ccc(O)c(c2)Cc2cnc(s2)NCC(=O)NC[C@@H](C(=O)N[C@@H](Cc2ccccc2)C(N)=O)NC(=O)CNC1=O. The van der Waals surface area contributed by atoms with E-state index in [1.165, 1.54) is 32.2 Å². The largest absolute Gasteiger partial charge is 0.508 e. The molecule has 2 heterocycles. The third-order valence-corrected chi connectivity index (χ3v) is 14.3. The molecule has 444 valence electrons. The molecule has 1 aliphatic carbocycles. The molecule has 6 atom stereocenters. The molecule has 1 aliphatic heterocycles. The highest BCUT2D eigenvalue weighted by Gasteiger charge is 2.34. The molecule has 0 radical (unpaired) electrons. The molecule has 0 spiro atoms. The van der Waals surface area contributed by atoms with Crippen molar-refractivity contribution >= 4 is 75.9 Å². The van der Waals surface area contributed by atoms with Crippen molar-refractivity contribution in [1.82, 2.24) is 52.8 Å². The van der Waals surface area contributed by atoms with Gasteiger partial charge in [0.25, 0.3) is 0 Å². The number of benzene rings is 4. The van der Waals surface area contributed by atoms with Crippen LogP contribution in [-0.2, 0) is 67.1 Å². The van der Waals surface area contributed by atoms with Crippen molar-refractivity contribution in [2.24, 2.45) is 5.73 Å². The van der Waals surface area contributed by atoms with Crippen molar-refractivity contribution in [2.75, 3.05) is 38.1 Å². The van der Waals surface area contributed by atoms with Crippen LogP contribution in [0.1, 0.15) is 73.2 Å². The number of anilines is 1. The van der Waals surface area contributed by atoms with Gasteiger partial charge in [-0.2, -0.15) is 0 Å². The summed E-state index contributed by atoms with van der Waals surface area (Å²) in [6.07, 6.45) is -0.565. The first kappa shape index (κ1) is 62.0. The predicted octanol–water partition coefficient (Wildman–Crippen LogP) is 1.26. The standard InChI is InChI=1S/C58H68N12O13S/c1-31-50(75)61-29-48(73)67-44(53(78)68-42(49(59)74)22-33-13-7-6-8-14-33)26-60-47(72)28-63-55-62-25-36(84-55)24-35-21-34(19-20-46(35)71)23-43(52(77)66-32(2)51(76)65-31)69-54(79)45(27-64-56(80)83-58(3,4)5)70-57(81)82-30-41-39-17-11-9-15-37(39)38-16-10-12-18-40(38)41/h6-21,25,31-32,41-45,71H,22-24,26-30H2,1-5H3,(H2,59,74)(H,60,72)(H,61,75)(H,62,63)(H,64,80)(H,65,76)(H,66,77)(H,67,73)(H,68,78)(H,69,79)(H,70,81)/t31-,32-,42-,43-,44-,45-/m0/s1. The number of aromatic hydroxyl groups is 1. The molecule has 13 N–H and O–H groups in total. The summed E-state index contributed by atoms with van der Waals surface area (Å²) in [6.45, 7) is 5.33. The van der Waals surface area contributed by atoms with E-state index in [9.17, 15) is 53.1 Å². The van der Waals surface area contributed by atoms with Crippen LogP contribution in [0.3, 0.4) is 0 Å². The minimum Gasteiger partial charge on any atom is -0.508 e. The lowest BCUT2D eigenvalue weighted by Gasteiger charge is -2.26. The molecule has 25 nitrogen and oxygen atoms in total. The highest BCUT2D eigenvalue weighted by Crippen LogP contribution is 2.44. The molecule has 0 saturated carbocycles. The fourth-order valence-electron chi connectivity index (χ4n) is 9.11. The Morgan fingerprint density at radius 3 is 2.07 bits per heavy atom. The second-order valence-corrected chi connectivity index (χ2v) is 22.2. The molecule has 0 fully saturated rings. The first-order chi connectivity index (χ1) is 40.0. The zero-order valence-corrected chi connectivity index (χ0v) is 47.6. The maximum atomic E-state index is 14.5. The summed E-state index contributed by atoms with van der Waals surface area (Å²) in [6, 6.07) is 20.1. The van der Waals surface area contributed by atoms with Crippen molar-refractivity contribution in [3.05, 3.63) is 136 Å². The van der Waals surface area contributed by atoms with Gasteiger partial charge in [-0.1, -0.05) is 91.0 Å². The molecular weight excluding hydrogens is 1100 g/mol. The number of nitrogens with two attached hydrogens (primary N) is 1. The minimum atomic E-state index is -1.59. The third-order valence-electron chi connectivity index (χ3n) is 13.4. The number of hydrogen-bond acceptors (Lipinski definition) is 16. The summed E-state index contributed by atoms with van der Waals surface area (Å²) in [5, 5.41) is 36.9. The second kappa shape index (κ2) is 28.4. The van der Waals surface area contributed by atoms with E-state index in [1.807, 2.05) is 48.5 Å². The topological polar surface area (TPSA) is 369 Å². The number of aromatic nitrogens is 1. The fraction of sp³-hybridized carbons (Fsp3) is 0.362. The van der Waals surface area contributed by atoms with E-state index in [0.29, 0.717) is 26.7 Å².